The largest absolute Gasteiger partial charge is 0.507 e. The minimum Gasteiger partial charge on any atom is -0.507 e. The lowest BCUT2D eigenvalue weighted by atomic mass is 10.00. The molecule has 3 nitrogen and oxygen atoms in total. The first-order valence-electron chi connectivity index (χ1n) is 5.61. The number of phenols is 1. The summed E-state index contributed by atoms with van der Waals surface area (Å²) in [5.74, 6) is 0.0898. The first kappa shape index (κ1) is 12.2. The van der Waals surface area contributed by atoms with Crippen LogP contribution in [-0.2, 0) is 0 Å². The zero-order chi connectivity index (χ0) is 13.1. The summed E-state index contributed by atoms with van der Waals surface area (Å²) in [5.41, 5.74) is 1.57. The molecule has 0 unspecified atom stereocenters. The highest BCUT2D eigenvalue weighted by atomic mass is 16.5. The first-order valence-corrected chi connectivity index (χ1v) is 5.61. The van der Waals surface area contributed by atoms with Crippen molar-refractivity contribution in [3.8, 4) is 11.5 Å². The maximum Gasteiger partial charge on any atom is 0.200 e. The van der Waals surface area contributed by atoms with E-state index in [1.807, 2.05) is 13.0 Å². The van der Waals surface area contributed by atoms with Crippen LogP contribution in [-0.4, -0.2) is 18.0 Å². The Morgan fingerprint density at radius 1 is 1.17 bits per heavy atom. The van der Waals surface area contributed by atoms with Crippen molar-refractivity contribution in [1.82, 2.24) is 0 Å². The van der Waals surface area contributed by atoms with Crippen molar-refractivity contribution < 1.29 is 14.6 Å². The molecule has 0 atom stereocenters. The van der Waals surface area contributed by atoms with Gasteiger partial charge in [-0.2, -0.15) is 0 Å². The fraction of sp³-hybridized carbons (Fsp3) is 0.133. The monoisotopic (exact) mass is 242 g/mol. The maximum atomic E-state index is 12.3. The molecular weight excluding hydrogens is 228 g/mol. The number of phenolic OH excluding ortho intramolecular Hbond substituents is 1. The van der Waals surface area contributed by atoms with E-state index in [9.17, 15) is 9.90 Å². The van der Waals surface area contributed by atoms with Crippen molar-refractivity contribution in [2.24, 2.45) is 0 Å². The Balaban J connectivity index is 2.55. The van der Waals surface area contributed by atoms with Gasteiger partial charge in [-0.1, -0.05) is 30.3 Å². The van der Waals surface area contributed by atoms with Crippen molar-refractivity contribution in [2.45, 2.75) is 6.92 Å². The summed E-state index contributed by atoms with van der Waals surface area (Å²) in [6.45, 7) is 1.83. The summed E-state index contributed by atoms with van der Waals surface area (Å²) in [4.78, 5) is 12.3. The van der Waals surface area contributed by atoms with Gasteiger partial charge in [0.2, 0.25) is 5.78 Å². The Morgan fingerprint density at radius 2 is 1.83 bits per heavy atom. The second-order valence-corrected chi connectivity index (χ2v) is 4.06. The summed E-state index contributed by atoms with van der Waals surface area (Å²) in [5, 5.41) is 9.93. The molecule has 0 saturated heterocycles. The molecule has 0 fully saturated rings. The van der Waals surface area contributed by atoms with Crippen LogP contribution in [0.5, 0.6) is 11.5 Å². The molecule has 0 aliphatic carbocycles. The zero-order valence-electron chi connectivity index (χ0n) is 10.3. The van der Waals surface area contributed by atoms with Gasteiger partial charge in [-0.25, -0.2) is 0 Å². The highest BCUT2D eigenvalue weighted by Crippen LogP contribution is 2.31. The maximum absolute atomic E-state index is 12.3. The number of ether oxygens (including phenoxy) is 1. The van der Waals surface area contributed by atoms with E-state index in [1.54, 1.807) is 36.4 Å². The average Bonchev–Trinajstić information content (AvgIpc) is 2.38. The van der Waals surface area contributed by atoms with E-state index in [0.717, 1.165) is 5.56 Å². The van der Waals surface area contributed by atoms with Gasteiger partial charge in [-0.05, 0) is 24.6 Å². The topological polar surface area (TPSA) is 46.5 Å². The molecule has 3 heteroatoms. The fourth-order valence-electron chi connectivity index (χ4n) is 1.86. The standard InChI is InChI=1S/C15H14O3/c1-10-8-12(16)14(13(9-10)18-2)15(17)11-6-4-3-5-7-11/h3-9,16H,1-2H3. The van der Waals surface area contributed by atoms with Gasteiger partial charge in [0.1, 0.15) is 17.1 Å². The third-order valence-corrected chi connectivity index (χ3v) is 2.71. The number of hydrogen-bond acceptors (Lipinski definition) is 3. The Labute approximate surface area is 106 Å². The van der Waals surface area contributed by atoms with E-state index in [1.165, 1.54) is 7.11 Å². The number of rotatable bonds is 3. The summed E-state index contributed by atoms with van der Waals surface area (Å²) >= 11 is 0. The fourth-order valence-corrected chi connectivity index (χ4v) is 1.86. The molecule has 92 valence electrons. The van der Waals surface area contributed by atoms with Crippen LogP contribution >= 0.6 is 0 Å². The number of methoxy groups -OCH3 is 1. The van der Waals surface area contributed by atoms with Crippen LogP contribution in [0.4, 0.5) is 0 Å². The van der Waals surface area contributed by atoms with Crippen LogP contribution in [0.15, 0.2) is 42.5 Å². The molecule has 0 heterocycles. The molecule has 0 aliphatic rings. The SMILES string of the molecule is COc1cc(C)cc(O)c1C(=O)c1ccccc1. The molecule has 0 radical (unpaired) electrons. The predicted octanol–water partition coefficient (Wildman–Crippen LogP) is 2.94. The number of carbonyl (C=O) groups is 1. The second kappa shape index (κ2) is 4.92. The Hall–Kier alpha value is -2.29. The Kier molecular flexibility index (Phi) is 3.33. The molecule has 0 aliphatic heterocycles. The Morgan fingerprint density at radius 3 is 2.44 bits per heavy atom. The molecule has 1 N–H and O–H groups in total. The van der Waals surface area contributed by atoms with Gasteiger partial charge in [0.05, 0.1) is 7.11 Å². The predicted molar refractivity (Wildman–Crippen MR) is 69.3 cm³/mol. The van der Waals surface area contributed by atoms with Crippen LogP contribution in [0, 0.1) is 6.92 Å². The van der Waals surface area contributed by atoms with E-state index in [-0.39, 0.29) is 17.1 Å². The lowest BCUT2D eigenvalue weighted by Crippen LogP contribution is -2.04. The molecule has 2 aromatic rings. The first-order chi connectivity index (χ1) is 8.63. The number of aryl methyl sites for hydroxylation is 1. The molecule has 0 bridgehead atoms. The van der Waals surface area contributed by atoms with Gasteiger partial charge in [0.15, 0.2) is 0 Å². The van der Waals surface area contributed by atoms with E-state index >= 15 is 0 Å². The molecule has 0 spiro atoms. The third-order valence-electron chi connectivity index (χ3n) is 2.71. The van der Waals surface area contributed by atoms with Crippen LogP contribution in [0.2, 0.25) is 0 Å². The van der Waals surface area contributed by atoms with E-state index in [4.69, 9.17) is 4.74 Å². The number of aromatic hydroxyl groups is 1. The number of carbonyl (C=O) groups excluding carboxylic acids is 1. The summed E-state index contributed by atoms with van der Waals surface area (Å²) < 4.78 is 5.17. The van der Waals surface area contributed by atoms with E-state index in [0.29, 0.717) is 11.3 Å². The van der Waals surface area contributed by atoms with E-state index in [2.05, 4.69) is 0 Å². The van der Waals surface area contributed by atoms with E-state index < -0.39 is 0 Å². The summed E-state index contributed by atoms with van der Waals surface area (Å²) in [6.07, 6.45) is 0. The highest BCUT2D eigenvalue weighted by Gasteiger charge is 2.19. The van der Waals surface area contributed by atoms with Crippen LogP contribution < -0.4 is 4.74 Å². The van der Waals surface area contributed by atoms with Crippen molar-refractivity contribution >= 4 is 5.78 Å². The van der Waals surface area contributed by atoms with Crippen molar-refractivity contribution in [1.29, 1.82) is 0 Å². The molecular formula is C15H14O3. The summed E-state index contributed by atoms with van der Waals surface area (Å²) in [7, 11) is 1.48. The average molecular weight is 242 g/mol. The smallest absolute Gasteiger partial charge is 0.200 e. The van der Waals surface area contributed by atoms with Gasteiger partial charge in [0.25, 0.3) is 0 Å². The summed E-state index contributed by atoms with van der Waals surface area (Å²) in [6, 6.07) is 12.1. The molecule has 0 aromatic heterocycles. The highest BCUT2D eigenvalue weighted by molar-refractivity contribution is 6.12. The molecule has 2 rings (SSSR count). The minimum absolute atomic E-state index is 0.0549. The number of benzene rings is 2. The van der Waals surface area contributed by atoms with Crippen molar-refractivity contribution in [3.05, 3.63) is 59.2 Å². The quantitative estimate of drug-likeness (QED) is 0.842. The van der Waals surface area contributed by atoms with Gasteiger partial charge >= 0.3 is 0 Å². The van der Waals surface area contributed by atoms with Crippen LogP contribution in [0.1, 0.15) is 21.5 Å². The number of hydrogen-bond donors (Lipinski definition) is 1. The lowest BCUT2D eigenvalue weighted by molar-refractivity contribution is 0.103. The van der Waals surface area contributed by atoms with Crippen molar-refractivity contribution in [3.63, 3.8) is 0 Å². The molecule has 2 aromatic carbocycles. The van der Waals surface area contributed by atoms with Gasteiger partial charge in [-0.3, -0.25) is 4.79 Å². The lowest BCUT2D eigenvalue weighted by Gasteiger charge is -2.10. The third kappa shape index (κ3) is 2.20. The van der Waals surface area contributed by atoms with Crippen molar-refractivity contribution in [2.75, 3.05) is 7.11 Å². The van der Waals surface area contributed by atoms with Gasteiger partial charge < -0.3 is 9.84 Å². The van der Waals surface area contributed by atoms with Gasteiger partial charge in [-0.15, -0.1) is 0 Å². The molecule has 18 heavy (non-hydrogen) atoms. The van der Waals surface area contributed by atoms with Gasteiger partial charge in [0, 0.05) is 5.56 Å². The van der Waals surface area contributed by atoms with Crippen LogP contribution in [0.3, 0.4) is 0 Å². The normalized spacial score (nSPS) is 10.1. The zero-order valence-corrected chi connectivity index (χ0v) is 10.3. The second-order valence-electron chi connectivity index (χ2n) is 4.06. The van der Waals surface area contributed by atoms with Crippen LogP contribution in [0.25, 0.3) is 0 Å². The minimum atomic E-state index is -0.245. The molecule has 0 amide bonds. The number of ketones is 1. The Bertz CT molecular complexity index is 574. The molecule has 0 saturated carbocycles.